The van der Waals surface area contributed by atoms with E-state index >= 15 is 0 Å². The fourth-order valence-corrected chi connectivity index (χ4v) is 2.81. The highest BCUT2D eigenvalue weighted by molar-refractivity contribution is 6.42. The maximum atomic E-state index is 12.0. The van der Waals surface area contributed by atoms with Crippen molar-refractivity contribution >= 4 is 22.8 Å². The summed E-state index contributed by atoms with van der Waals surface area (Å²) >= 11 is 0. The molecule has 2 aliphatic carbocycles. The predicted octanol–water partition coefficient (Wildman–Crippen LogP) is 2.79. The molecule has 3 rings (SSSR count). The minimum Gasteiger partial charge on any atom is -0.378 e. The molecule has 0 spiro atoms. The molecule has 3 nitrogen and oxygen atoms in total. The van der Waals surface area contributed by atoms with E-state index in [0.717, 1.165) is 22.4 Å². The Bertz CT molecular complexity index is 690. The van der Waals surface area contributed by atoms with Gasteiger partial charge in [-0.05, 0) is 28.8 Å². The predicted molar refractivity (Wildman–Crippen MR) is 84.1 cm³/mol. The average molecular weight is 279 g/mol. The van der Waals surface area contributed by atoms with Gasteiger partial charge in [-0.2, -0.15) is 0 Å². The van der Waals surface area contributed by atoms with Gasteiger partial charge < -0.3 is 4.90 Å². The van der Waals surface area contributed by atoms with Gasteiger partial charge in [0.2, 0.25) is 11.6 Å². The van der Waals surface area contributed by atoms with Gasteiger partial charge >= 0.3 is 0 Å². The summed E-state index contributed by atoms with van der Waals surface area (Å²) < 4.78 is 0. The summed E-state index contributed by atoms with van der Waals surface area (Å²) in [7, 11) is 3.98. The van der Waals surface area contributed by atoms with Crippen molar-refractivity contribution < 1.29 is 9.59 Å². The van der Waals surface area contributed by atoms with Crippen molar-refractivity contribution in [1.82, 2.24) is 0 Å². The van der Waals surface area contributed by atoms with Gasteiger partial charge in [-0.25, -0.2) is 0 Å². The number of ketones is 2. The Labute approximate surface area is 124 Å². The smallest absolute Gasteiger partial charge is 0.209 e. The van der Waals surface area contributed by atoms with Crippen molar-refractivity contribution in [3.63, 3.8) is 0 Å². The van der Waals surface area contributed by atoms with Crippen molar-refractivity contribution in [3.8, 4) is 0 Å². The maximum Gasteiger partial charge on any atom is 0.209 e. The lowest BCUT2D eigenvalue weighted by molar-refractivity contribution is -0.137. The highest BCUT2D eigenvalue weighted by Gasteiger charge is 2.34. The largest absolute Gasteiger partial charge is 0.378 e. The Hall–Kier alpha value is -2.42. The molecule has 0 aromatic heterocycles. The molecule has 0 fully saturated rings. The lowest BCUT2D eigenvalue weighted by atomic mass is 9.77. The molecule has 1 aromatic rings. The first-order chi connectivity index (χ1) is 10.1. The average Bonchev–Trinajstić information content (AvgIpc) is 2.51. The third kappa shape index (κ3) is 2.35. The van der Waals surface area contributed by atoms with E-state index in [1.807, 2.05) is 67.6 Å². The number of benzene rings is 1. The molecular formula is C18H17NO2. The van der Waals surface area contributed by atoms with Crippen LogP contribution >= 0.6 is 0 Å². The van der Waals surface area contributed by atoms with E-state index in [0.29, 0.717) is 0 Å². The van der Waals surface area contributed by atoms with E-state index < -0.39 is 5.92 Å². The second-order valence-electron chi connectivity index (χ2n) is 5.56. The summed E-state index contributed by atoms with van der Waals surface area (Å²) in [5, 5.41) is 0. The fraction of sp³-hybridized carbons (Fsp3) is 0.222. The van der Waals surface area contributed by atoms with Crippen LogP contribution in [0.3, 0.4) is 0 Å². The van der Waals surface area contributed by atoms with Crippen molar-refractivity contribution in [1.29, 1.82) is 0 Å². The number of hydrogen-bond donors (Lipinski definition) is 0. The van der Waals surface area contributed by atoms with Crippen LogP contribution < -0.4 is 4.90 Å². The Kier molecular flexibility index (Phi) is 3.34. The molecule has 0 saturated carbocycles. The molecule has 21 heavy (non-hydrogen) atoms. The van der Waals surface area contributed by atoms with Gasteiger partial charge in [0.25, 0.3) is 0 Å². The quantitative estimate of drug-likeness (QED) is 0.781. The summed E-state index contributed by atoms with van der Waals surface area (Å²) in [6, 6.07) is 8.09. The van der Waals surface area contributed by atoms with Crippen LogP contribution in [-0.2, 0) is 9.59 Å². The van der Waals surface area contributed by atoms with E-state index in [1.54, 1.807) is 0 Å². The van der Waals surface area contributed by atoms with Gasteiger partial charge in [-0.15, -0.1) is 0 Å². The number of allylic oxidation sites excluding steroid dienone is 6. The van der Waals surface area contributed by atoms with Crippen molar-refractivity contribution in [2.24, 2.45) is 5.92 Å². The highest BCUT2D eigenvalue weighted by atomic mass is 16.2. The summed E-state index contributed by atoms with van der Waals surface area (Å²) in [5.74, 6) is -0.991. The number of anilines is 1. The van der Waals surface area contributed by atoms with Crippen LogP contribution in [-0.4, -0.2) is 25.7 Å². The Balaban J connectivity index is 2.07. The second-order valence-corrected chi connectivity index (χ2v) is 5.56. The summed E-state index contributed by atoms with van der Waals surface area (Å²) in [5.41, 5.74) is 4.05. The van der Waals surface area contributed by atoms with Crippen LogP contribution in [0.1, 0.15) is 12.0 Å². The second kappa shape index (κ2) is 5.17. The topological polar surface area (TPSA) is 37.4 Å². The van der Waals surface area contributed by atoms with Crippen molar-refractivity contribution in [2.45, 2.75) is 6.42 Å². The van der Waals surface area contributed by atoms with Crippen molar-refractivity contribution in [3.05, 3.63) is 59.7 Å². The van der Waals surface area contributed by atoms with E-state index in [2.05, 4.69) is 0 Å². The molecule has 1 atom stereocenters. The summed E-state index contributed by atoms with van der Waals surface area (Å²) in [4.78, 5) is 26.0. The third-order valence-corrected chi connectivity index (χ3v) is 4.00. The monoisotopic (exact) mass is 279 g/mol. The maximum absolute atomic E-state index is 12.0. The Morgan fingerprint density at radius 2 is 1.76 bits per heavy atom. The number of hydrogen-bond acceptors (Lipinski definition) is 3. The molecule has 0 aliphatic heterocycles. The highest BCUT2D eigenvalue weighted by Crippen LogP contribution is 2.36. The molecule has 0 unspecified atom stereocenters. The number of fused-ring (bicyclic) bond motifs is 1. The minimum atomic E-state index is -0.403. The zero-order valence-corrected chi connectivity index (χ0v) is 12.2. The van der Waals surface area contributed by atoms with Gasteiger partial charge in [0, 0.05) is 26.2 Å². The zero-order valence-electron chi connectivity index (χ0n) is 12.2. The molecule has 0 radical (unpaired) electrons. The molecule has 0 bridgehead atoms. The van der Waals surface area contributed by atoms with Crippen LogP contribution in [0.4, 0.5) is 5.69 Å². The molecular weight excluding hydrogens is 262 g/mol. The zero-order chi connectivity index (χ0) is 15.0. The first-order valence-corrected chi connectivity index (χ1v) is 7.00. The van der Waals surface area contributed by atoms with E-state index in [-0.39, 0.29) is 18.0 Å². The summed E-state index contributed by atoms with van der Waals surface area (Å²) in [6.07, 6.45) is 7.71. The van der Waals surface area contributed by atoms with Crippen LogP contribution in [0.15, 0.2) is 54.1 Å². The first kappa shape index (κ1) is 13.6. The molecule has 1 aromatic carbocycles. The Morgan fingerprint density at radius 1 is 1.05 bits per heavy atom. The molecule has 0 amide bonds. The van der Waals surface area contributed by atoms with Crippen LogP contribution in [0, 0.1) is 5.92 Å². The van der Waals surface area contributed by atoms with Crippen LogP contribution in [0.2, 0.25) is 0 Å². The minimum absolute atomic E-state index is 0.199. The molecule has 3 heteroatoms. The van der Waals surface area contributed by atoms with Gasteiger partial charge in [0.1, 0.15) is 0 Å². The van der Waals surface area contributed by atoms with E-state index in [9.17, 15) is 9.59 Å². The van der Waals surface area contributed by atoms with E-state index in [1.165, 1.54) is 0 Å². The lowest BCUT2D eigenvalue weighted by Gasteiger charge is -2.25. The number of rotatable bonds is 2. The van der Waals surface area contributed by atoms with Gasteiger partial charge in [0.15, 0.2) is 0 Å². The normalized spacial score (nSPS) is 20.8. The van der Waals surface area contributed by atoms with Gasteiger partial charge in [0.05, 0.1) is 5.92 Å². The molecule has 106 valence electrons. The number of carbonyl (C=O) groups is 2. The number of carbonyl (C=O) groups excluding carboxylic acids is 2. The van der Waals surface area contributed by atoms with Crippen LogP contribution in [0.25, 0.3) is 5.57 Å². The third-order valence-electron chi connectivity index (χ3n) is 4.00. The van der Waals surface area contributed by atoms with Gasteiger partial charge in [-0.3, -0.25) is 9.59 Å². The molecule has 0 N–H and O–H groups in total. The molecule has 2 aliphatic rings. The van der Waals surface area contributed by atoms with Crippen molar-refractivity contribution in [2.75, 3.05) is 19.0 Å². The summed E-state index contributed by atoms with van der Waals surface area (Å²) in [6.45, 7) is 0. The van der Waals surface area contributed by atoms with E-state index in [4.69, 9.17) is 0 Å². The molecule has 0 saturated heterocycles. The fourth-order valence-electron chi connectivity index (χ4n) is 2.81. The first-order valence-electron chi connectivity index (χ1n) is 7.00. The SMILES string of the molecule is CN(C)c1ccc(C2=C3C=CC=C[C@H]3C(=O)C(=O)C2)cc1. The Morgan fingerprint density at radius 3 is 2.43 bits per heavy atom. The molecule has 0 heterocycles. The van der Waals surface area contributed by atoms with Crippen LogP contribution in [0.5, 0.6) is 0 Å². The number of Topliss-reactive ketones (excluding diaryl/α,β-unsaturated/α-hetero) is 2. The van der Waals surface area contributed by atoms with Gasteiger partial charge in [-0.1, -0.05) is 36.4 Å². The number of nitrogens with zero attached hydrogens (tertiary/aromatic N) is 1. The lowest BCUT2D eigenvalue weighted by Crippen LogP contribution is -2.29. The standard InChI is InChI=1S/C18H17NO2/c1-19(2)13-9-7-12(8-10-13)16-11-17(20)18(21)15-6-4-3-5-14(15)16/h3-10,15H,11H2,1-2H3/t15-/m1/s1.